The van der Waals surface area contributed by atoms with Gasteiger partial charge in [0.25, 0.3) is 10.0 Å². The van der Waals surface area contributed by atoms with Gasteiger partial charge < -0.3 is 5.32 Å². The molecule has 168 valence electrons. The molecule has 1 amide bonds. The first-order valence-corrected chi connectivity index (χ1v) is 11.1. The first-order chi connectivity index (χ1) is 15.0. The molecule has 0 saturated heterocycles. The molecule has 3 aromatic carbocycles. The van der Waals surface area contributed by atoms with Crippen molar-refractivity contribution in [3.05, 3.63) is 88.9 Å². The summed E-state index contributed by atoms with van der Waals surface area (Å²) in [6.45, 7) is 1.04. The van der Waals surface area contributed by atoms with Gasteiger partial charge >= 0.3 is 6.18 Å². The van der Waals surface area contributed by atoms with Gasteiger partial charge in [-0.3, -0.25) is 9.10 Å². The summed E-state index contributed by atoms with van der Waals surface area (Å²) in [5, 5.41) is 1.81. The van der Waals surface area contributed by atoms with Crippen molar-refractivity contribution in [2.24, 2.45) is 0 Å². The van der Waals surface area contributed by atoms with Gasteiger partial charge in [-0.05, 0) is 48.9 Å². The zero-order valence-electron chi connectivity index (χ0n) is 16.7. The van der Waals surface area contributed by atoms with Crippen molar-refractivity contribution in [3.63, 3.8) is 0 Å². The van der Waals surface area contributed by atoms with Gasteiger partial charge in [0.05, 0.1) is 21.2 Å². The molecule has 0 heterocycles. The lowest BCUT2D eigenvalue weighted by atomic mass is 10.2. The van der Waals surface area contributed by atoms with E-state index in [2.05, 4.69) is 5.32 Å². The van der Waals surface area contributed by atoms with Crippen LogP contribution in [0.25, 0.3) is 0 Å². The van der Waals surface area contributed by atoms with Crippen molar-refractivity contribution < 1.29 is 26.4 Å². The highest BCUT2D eigenvalue weighted by Gasteiger charge is 2.34. The van der Waals surface area contributed by atoms with Crippen molar-refractivity contribution in [1.82, 2.24) is 0 Å². The number of amides is 1. The molecule has 10 heteroatoms. The van der Waals surface area contributed by atoms with E-state index >= 15 is 0 Å². The molecule has 5 nitrogen and oxygen atoms in total. The van der Waals surface area contributed by atoms with Crippen LogP contribution in [0.4, 0.5) is 24.5 Å². The third kappa shape index (κ3) is 5.23. The summed E-state index contributed by atoms with van der Waals surface area (Å²) in [5.41, 5.74) is -0.387. The van der Waals surface area contributed by atoms with E-state index in [-0.39, 0.29) is 16.3 Å². The van der Waals surface area contributed by atoms with Gasteiger partial charge in [0.15, 0.2) is 0 Å². The summed E-state index contributed by atoms with van der Waals surface area (Å²) in [6.07, 6.45) is -4.71. The Balaban J connectivity index is 1.94. The second kappa shape index (κ2) is 9.22. The molecule has 32 heavy (non-hydrogen) atoms. The molecular weight excluding hydrogens is 465 g/mol. The number of hydrogen-bond acceptors (Lipinski definition) is 3. The van der Waals surface area contributed by atoms with Crippen LogP contribution in [0, 0.1) is 6.92 Å². The number of benzene rings is 3. The second-order valence-corrected chi connectivity index (χ2v) is 9.12. The molecule has 3 rings (SSSR count). The Bertz CT molecular complexity index is 1230. The minimum atomic E-state index is -4.71. The quantitative estimate of drug-likeness (QED) is 0.504. The Hall–Kier alpha value is -3.04. The molecular formula is C22H18ClF3N2O3S. The lowest BCUT2D eigenvalue weighted by molar-refractivity contribution is -0.137. The molecule has 0 bridgehead atoms. The SMILES string of the molecule is Cc1ccccc1N(CC(=O)Nc1ccc(Cl)c(C(F)(F)F)c1)S(=O)(=O)c1ccccc1. The van der Waals surface area contributed by atoms with Crippen LogP contribution in [-0.2, 0) is 21.0 Å². The summed E-state index contributed by atoms with van der Waals surface area (Å²) in [6, 6.07) is 17.1. The molecule has 1 N–H and O–H groups in total. The Morgan fingerprint density at radius 2 is 1.62 bits per heavy atom. The maximum Gasteiger partial charge on any atom is 0.417 e. The number of halogens is 4. The van der Waals surface area contributed by atoms with Gasteiger partial charge in [-0.25, -0.2) is 8.42 Å². The minimum Gasteiger partial charge on any atom is -0.324 e. The summed E-state index contributed by atoms with van der Waals surface area (Å²) >= 11 is 5.61. The number of nitrogens with zero attached hydrogens (tertiary/aromatic N) is 1. The molecule has 0 aliphatic carbocycles. The first kappa shape index (κ1) is 23.6. The van der Waals surface area contributed by atoms with E-state index in [9.17, 15) is 26.4 Å². The predicted octanol–water partition coefficient (Wildman–Crippen LogP) is 5.50. The lowest BCUT2D eigenvalue weighted by Crippen LogP contribution is -2.38. The minimum absolute atomic E-state index is 0.0260. The molecule has 0 aromatic heterocycles. The number of anilines is 2. The standard InChI is InChI=1S/C22H18ClF3N2O3S/c1-15-7-5-6-10-20(15)28(32(30,31)17-8-3-2-4-9-17)14-21(29)27-16-11-12-19(23)18(13-16)22(24,25)26/h2-13H,14H2,1H3,(H,27,29). The Morgan fingerprint density at radius 3 is 2.25 bits per heavy atom. The predicted molar refractivity (Wildman–Crippen MR) is 117 cm³/mol. The molecule has 0 radical (unpaired) electrons. The topological polar surface area (TPSA) is 66.5 Å². The van der Waals surface area contributed by atoms with Gasteiger partial charge in [0.2, 0.25) is 5.91 Å². The maximum absolute atomic E-state index is 13.3. The highest BCUT2D eigenvalue weighted by molar-refractivity contribution is 7.92. The average molecular weight is 483 g/mol. The van der Waals surface area contributed by atoms with Crippen LogP contribution >= 0.6 is 11.6 Å². The molecule has 0 saturated carbocycles. The summed E-state index contributed by atoms with van der Waals surface area (Å²) < 4.78 is 66.8. The van der Waals surface area contributed by atoms with E-state index in [0.717, 1.165) is 10.4 Å². The molecule has 0 atom stereocenters. The van der Waals surface area contributed by atoms with E-state index < -0.39 is 39.2 Å². The van der Waals surface area contributed by atoms with Crippen molar-refractivity contribution >= 4 is 38.9 Å². The Labute approximate surface area is 188 Å². The van der Waals surface area contributed by atoms with E-state index in [1.54, 1.807) is 49.4 Å². The molecule has 0 unspecified atom stereocenters. The maximum atomic E-state index is 13.3. The summed E-state index contributed by atoms with van der Waals surface area (Å²) in [5.74, 6) is -0.816. The molecule has 0 fully saturated rings. The smallest absolute Gasteiger partial charge is 0.324 e. The van der Waals surface area contributed by atoms with Gasteiger partial charge in [0, 0.05) is 5.69 Å². The highest BCUT2D eigenvalue weighted by atomic mass is 35.5. The average Bonchev–Trinajstić information content (AvgIpc) is 2.74. The van der Waals surface area contributed by atoms with E-state index in [4.69, 9.17) is 11.6 Å². The fraction of sp³-hybridized carbons (Fsp3) is 0.136. The number of carbonyl (C=O) groups is 1. The molecule has 0 aliphatic rings. The van der Waals surface area contributed by atoms with Crippen molar-refractivity contribution in [1.29, 1.82) is 0 Å². The fourth-order valence-electron chi connectivity index (χ4n) is 3.01. The van der Waals surface area contributed by atoms with Gasteiger partial charge in [-0.15, -0.1) is 0 Å². The largest absolute Gasteiger partial charge is 0.417 e. The highest BCUT2D eigenvalue weighted by Crippen LogP contribution is 2.36. The van der Waals surface area contributed by atoms with Crippen LogP contribution in [-0.4, -0.2) is 20.9 Å². The number of para-hydroxylation sites is 1. The molecule has 0 aliphatic heterocycles. The van der Waals surface area contributed by atoms with E-state index in [0.29, 0.717) is 11.6 Å². The van der Waals surface area contributed by atoms with E-state index in [1.165, 1.54) is 18.2 Å². The van der Waals surface area contributed by atoms with Gasteiger partial charge in [0.1, 0.15) is 6.54 Å². The van der Waals surface area contributed by atoms with E-state index in [1.807, 2.05) is 0 Å². The van der Waals surface area contributed by atoms with Crippen LogP contribution in [0.2, 0.25) is 5.02 Å². The number of aryl methyl sites for hydroxylation is 1. The third-order valence-corrected chi connectivity index (χ3v) is 6.66. The van der Waals surface area contributed by atoms with Crippen LogP contribution in [0.1, 0.15) is 11.1 Å². The van der Waals surface area contributed by atoms with Crippen LogP contribution in [0.5, 0.6) is 0 Å². The number of carbonyl (C=O) groups excluding carboxylic acids is 1. The Kier molecular flexibility index (Phi) is 6.80. The number of rotatable bonds is 6. The summed E-state index contributed by atoms with van der Waals surface area (Å²) in [4.78, 5) is 12.7. The zero-order valence-corrected chi connectivity index (χ0v) is 18.3. The number of hydrogen-bond donors (Lipinski definition) is 1. The molecule has 3 aromatic rings. The Morgan fingerprint density at radius 1 is 1.00 bits per heavy atom. The number of nitrogens with one attached hydrogen (secondary N) is 1. The first-order valence-electron chi connectivity index (χ1n) is 9.30. The van der Waals surface area contributed by atoms with Crippen molar-refractivity contribution in [2.75, 3.05) is 16.2 Å². The van der Waals surface area contributed by atoms with Crippen LogP contribution < -0.4 is 9.62 Å². The lowest BCUT2D eigenvalue weighted by Gasteiger charge is -2.25. The summed E-state index contributed by atoms with van der Waals surface area (Å²) in [7, 11) is -4.13. The van der Waals surface area contributed by atoms with Crippen molar-refractivity contribution in [3.8, 4) is 0 Å². The third-order valence-electron chi connectivity index (χ3n) is 4.56. The second-order valence-electron chi connectivity index (χ2n) is 6.85. The number of alkyl halides is 3. The fourth-order valence-corrected chi connectivity index (χ4v) is 4.75. The van der Waals surface area contributed by atoms with Gasteiger partial charge in [-0.2, -0.15) is 13.2 Å². The van der Waals surface area contributed by atoms with Crippen LogP contribution in [0.3, 0.4) is 0 Å². The van der Waals surface area contributed by atoms with Gasteiger partial charge in [-0.1, -0.05) is 48.0 Å². The monoisotopic (exact) mass is 482 g/mol. The zero-order chi connectivity index (χ0) is 23.5. The van der Waals surface area contributed by atoms with Crippen molar-refractivity contribution in [2.45, 2.75) is 18.0 Å². The normalized spacial score (nSPS) is 11.8. The molecule has 0 spiro atoms. The number of sulfonamides is 1. The van der Waals surface area contributed by atoms with Crippen LogP contribution in [0.15, 0.2) is 77.7 Å².